The summed E-state index contributed by atoms with van der Waals surface area (Å²) < 4.78 is 57.2. The molecule has 0 fully saturated rings. The molecule has 0 aliphatic rings. The van der Waals surface area contributed by atoms with Crippen molar-refractivity contribution in [2.75, 3.05) is 0 Å². The molecule has 0 saturated carbocycles. The lowest BCUT2D eigenvalue weighted by Gasteiger charge is -2.14. The maximum Gasteiger partial charge on any atom is 0.453 e. The van der Waals surface area contributed by atoms with E-state index in [4.69, 9.17) is 13.9 Å². The largest absolute Gasteiger partial charge is 0.489 e. The predicted octanol–water partition coefficient (Wildman–Crippen LogP) is 6.80. The van der Waals surface area contributed by atoms with Crippen molar-refractivity contribution in [2.24, 2.45) is 0 Å². The minimum atomic E-state index is -4.93. The Hall–Kier alpha value is -3.74. The van der Waals surface area contributed by atoms with E-state index in [1.54, 1.807) is 12.1 Å². The highest BCUT2D eigenvalue weighted by molar-refractivity contribution is 5.79. The van der Waals surface area contributed by atoms with Crippen molar-refractivity contribution in [1.29, 1.82) is 0 Å². The van der Waals surface area contributed by atoms with Gasteiger partial charge in [0, 0.05) is 6.07 Å². The molecule has 0 unspecified atom stereocenters. The van der Waals surface area contributed by atoms with Gasteiger partial charge in [-0.2, -0.15) is 13.2 Å². The average molecular weight is 440 g/mol. The third-order valence-corrected chi connectivity index (χ3v) is 4.98. The van der Waals surface area contributed by atoms with E-state index in [1.807, 2.05) is 38.1 Å². The van der Waals surface area contributed by atoms with Crippen molar-refractivity contribution >= 4 is 11.0 Å². The molecule has 7 heteroatoms. The topological polar surface area (TPSA) is 48.7 Å². The Balaban J connectivity index is 1.73. The number of halogens is 3. The third kappa shape index (κ3) is 4.46. The standard InChI is InChI=1S/C25H19F3O4/c1-15-7-9-18(10-8-15)31-23-22(29)20-12-11-19(13-21(20)32-24(23)25(26,27)28)30-14-17-6-4-3-5-16(17)2/h3-13H,14H2,1-2H3. The number of ether oxygens (including phenoxy) is 2. The second kappa shape index (κ2) is 8.42. The Morgan fingerprint density at radius 3 is 2.28 bits per heavy atom. The average Bonchev–Trinajstić information content (AvgIpc) is 2.75. The lowest BCUT2D eigenvalue weighted by Crippen LogP contribution is -2.15. The van der Waals surface area contributed by atoms with Crippen LogP contribution in [-0.2, 0) is 12.8 Å². The molecular formula is C25H19F3O4. The van der Waals surface area contributed by atoms with E-state index < -0.39 is 23.1 Å². The molecule has 0 saturated heterocycles. The summed E-state index contributed by atoms with van der Waals surface area (Å²) in [6, 6.07) is 18.1. The highest BCUT2D eigenvalue weighted by Crippen LogP contribution is 2.38. The van der Waals surface area contributed by atoms with Gasteiger partial charge in [-0.05, 0) is 49.2 Å². The third-order valence-electron chi connectivity index (χ3n) is 4.98. The van der Waals surface area contributed by atoms with Crippen LogP contribution in [0.4, 0.5) is 13.2 Å². The number of hydrogen-bond donors (Lipinski definition) is 0. The van der Waals surface area contributed by atoms with Gasteiger partial charge in [0.15, 0.2) is 0 Å². The molecule has 0 atom stereocenters. The summed E-state index contributed by atoms with van der Waals surface area (Å²) >= 11 is 0. The van der Waals surface area contributed by atoms with E-state index in [0.717, 1.165) is 16.7 Å². The van der Waals surface area contributed by atoms with Crippen LogP contribution in [0.1, 0.15) is 22.5 Å². The molecule has 4 rings (SSSR count). The van der Waals surface area contributed by atoms with Crippen molar-refractivity contribution in [1.82, 2.24) is 0 Å². The molecule has 0 N–H and O–H groups in total. The smallest absolute Gasteiger partial charge is 0.453 e. The normalized spacial score (nSPS) is 11.5. The zero-order valence-corrected chi connectivity index (χ0v) is 17.3. The summed E-state index contributed by atoms with van der Waals surface area (Å²) in [5.41, 5.74) is 1.71. The first kappa shape index (κ1) is 21.5. The minimum Gasteiger partial charge on any atom is -0.489 e. The summed E-state index contributed by atoms with van der Waals surface area (Å²) in [7, 11) is 0. The molecule has 4 aromatic rings. The summed E-state index contributed by atoms with van der Waals surface area (Å²) in [6.07, 6.45) is -4.93. The van der Waals surface area contributed by atoms with Crippen LogP contribution >= 0.6 is 0 Å². The maximum atomic E-state index is 13.7. The van der Waals surface area contributed by atoms with Crippen LogP contribution in [0.25, 0.3) is 11.0 Å². The molecule has 0 aliphatic carbocycles. The second-order valence-corrected chi connectivity index (χ2v) is 7.38. The highest BCUT2D eigenvalue weighted by atomic mass is 19.4. The van der Waals surface area contributed by atoms with Gasteiger partial charge in [0.2, 0.25) is 11.2 Å². The second-order valence-electron chi connectivity index (χ2n) is 7.38. The first-order valence-corrected chi connectivity index (χ1v) is 9.82. The van der Waals surface area contributed by atoms with Gasteiger partial charge in [-0.25, -0.2) is 0 Å². The molecule has 0 amide bonds. The molecule has 3 aromatic carbocycles. The maximum absolute atomic E-state index is 13.7. The predicted molar refractivity (Wildman–Crippen MR) is 114 cm³/mol. The summed E-state index contributed by atoms with van der Waals surface area (Å²) in [4.78, 5) is 12.9. The Bertz CT molecular complexity index is 1320. The summed E-state index contributed by atoms with van der Waals surface area (Å²) in [5.74, 6) is -2.01. The molecule has 0 bridgehead atoms. The van der Waals surface area contributed by atoms with Crippen molar-refractivity contribution in [3.05, 3.63) is 99.4 Å². The molecule has 1 heterocycles. The Morgan fingerprint density at radius 2 is 1.59 bits per heavy atom. The molecule has 0 radical (unpaired) electrons. The van der Waals surface area contributed by atoms with Crippen LogP contribution in [0.3, 0.4) is 0 Å². The molecule has 4 nitrogen and oxygen atoms in total. The van der Waals surface area contributed by atoms with Crippen LogP contribution in [0.2, 0.25) is 0 Å². The quantitative estimate of drug-likeness (QED) is 0.342. The van der Waals surface area contributed by atoms with E-state index in [0.29, 0.717) is 0 Å². The number of rotatable bonds is 5. The number of fused-ring (bicyclic) bond motifs is 1. The molecule has 1 aromatic heterocycles. The Morgan fingerprint density at radius 1 is 0.906 bits per heavy atom. The zero-order chi connectivity index (χ0) is 22.9. The van der Waals surface area contributed by atoms with E-state index in [1.165, 1.54) is 30.3 Å². The van der Waals surface area contributed by atoms with Crippen LogP contribution in [-0.4, -0.2) is 0 Å². The number of aryl methyl sites for hydroxylation is 2. The molecule has 0 spiro atoms. The van der Waals surface area contributed by atoms with Gasteiger partial charge < -0.3 is 13.9 Å². The van der Waals surface area contributed by atoms with E-state index in [9.17, 15) is 18.0 Å². The zero-order valence-electron chi connectivity index (χ0n) is 17.3. The number of benzene rings is 3. The van der Waals surface area contributed by atoms with Gasteiger partial charge >= 0.3 is 6.18 Å². The van der Waals surface area contributed by atoms with Gasteiger partial charge in [-0.15, -0.1) is 0 Å². The summed E-state index contributed by atoms with van der Waals surface area (Å²) in [6.45, 7) is 3.99. The first-order valence-electron chi connectivity index (χ1n) is 9.82. The fraction of sp³-hybridized carbons (Fsp3) is 0.160. The highest BCUT2D eigenvalue weighted by Gasteiger charge is 2.40. The van der Waals surface area contributed by atoms with Crippen LogP contribution < -0.4 is 14.9 Å². The van der Waals surface area contributed by atoms with Crippen LogP contribution in [0.5, 0.6) is 17.2 Å². The lowest BCUT2D eigenvalue weighted by molar-refractivity contribution is -0.154. The minimum absolute atomic E-state index is 0.0386. The first-order chi connectivity index (χ1) is 15.2. The van der Waals surface area contributed by atoms with Crippen molar-refractivity contribution in [2.45, 2.75) is 26.6 Å². The fourth-order valence-corrected chi connectivity index (χ4v) is 3.18. The molecular weight excluding hydrogens is 421 g/mol. The molecule has 0 aliphatic heterocycles. The number of alkyl halides is 3. The SMILES string of the molecule is Cc1ccc(Oc2c(C(F)(F)F)oc3cc(OCc4ccccc4C)ccc3c2=O)cc1. The van der Waals surface area contributed by atoms with Gasteiger partial charge in [0.1, 0.15) is 23.7 Å². The monoisotopic (exact) mass is 440 g/mol. The van der Waals surface area contributed by atoms with Crippen molar-refractivity contribution in [3.8, 4) is 17.2 Å². The fourth-order valence-electron chi connectivity index (χ4n) is 3.18. The van der Waals surface area contributed by atoms with Gasteiger partial charge in [-0.3, -0.25) is 4.79 Å². The summed E-state index contributed by atoms with van der Waals surface area (Å²) in [5, 5.41) is -0.0386. The number of hydrogen-bond acceptors (Lipinski definition) is 4. The van der Waals surface area contributed by atoms with Gasteiger partial charge in [0.05, 0.1) is 5.39 Å². The van der Waals surface area contributed by atoms with Crippen molar-refractivity contribution in [3.63, 3.8) is 0 Å². The van der Waals surface area contributed by atoms with E-state index >= 15 is 0 Å². The van der Waals surface area contributed by atoms with Gasteiger partial charge in [-0.1, -0.05) is 42.0 Å². The van der Waals surface area contributed by atoms with Crippen LogP contribution in [0, 0.1) is 13.8 Å². The van der Waals surface area contributed by atoms with E-state index in [-0.39, 0.29) is 29.1 Å². The van der Waals surface area contributed by atoms with Crippen molar-refractivity contribution < 1.29 is 27.1 Å². The molecule has 164 valence electrons. The Kier molecular flexibility index (Phi) is 5.65. The molecule has 32 heavy (non-hydrogen) atoms. The lowest BCUT2D eigenvalue weighted by atomic mass is 10.1. The van der Waals surface area contributed by atoms with Crippen LogP contribution in [0.15, 0.2) is 75.9 Å². The Labute approximate surface area is 181 Å². The van der Waals surface area contributed by atoms with E-state index in [2.05, 4.69) is 0 Å². The van der Waals surface area contributed by atoms with Gasteiger partial charge in [0.25, 0.3) is 5.76 Å².